The Bertz CT molecular complexity index is 664. The lowest BCUT2D eigenvalue weighted by atomic mass is 10.0. The molecule has 0 saturated carbocycles. The molecule has 7 nitrogen and oxygen atoms in total. The molecule has 0 N–H and O–H groups in total. The minimum Gasteiger partial charge on any atom is -0.359 e. The topological polar surface area (TPSA) is 89.8 Å². The third-order valence-electron chi connectivity index (χ3n) is 3.55. The number of anilines is 1. The third-order valence-corrected chi connectivity index (χ3v) is 4.42. The van der Waals surface area contributed by atoms with Gasteiger partial charge in [0.2, 0.25) is 0 Å². The molecule has 0 aromatic heterocycles. The lowest BCUT2D eigenvalue weighted by Crippen LogP contribution is -2.43. The first-order chi connectivity index (χ1) is 10.3. The van der Waals surface area contributed by atoms with Crippen molar-refractivity contribution in [3.05, 3.63) is 33.3 Å². The number of nitro groups is 1. The van der Waals surface area contributed by atoms with Crippen LogP contribution in [0.5, 0.6) is 0 Å². The molecule has 0 bridgehead atoms. The molecule has 0 spiro atoms. The number of halogens is 1. The van der Waals surface area contributed by atoms with Gasteiger partial charge in [0.25, 0.3) is 15.8 Å². The maximum Gasteiger partial charge on any atom is 0.294 e. The van der Waals surface area contributed by atoms with Gasteiger partial charge in [-0.25, -0.2) is 0 Å². The van der Waals surface area contributed by atoms with Crippen molar-refractivity contribution in [2.45, 2.75) is 25.3 Å². The van der Waals surface area contributed by atoms with E-state index in [1.54, 1.807) is 11.0 Å². The molecule has 122 valence electrons. The molecular weight excluding hydrogens is 332 g/mol. The fraction of sp³-hybridized carbons (Fsp3) is 0.538. The number of piperidine rings is 1. The van der Waals surface area contributed by atoms with Crippen LogP contribution < -0.4 is 4.90 Å². The van der Waals surface area contributed by atoms with Crippen molar-refractivity contribution < 1.29 is 17.5 Å². The normalized spacial score (nSPS) is 19.2. The Hall–Kier alpha value is -1.38. The van der Waals surface area contributed by atoms with E-state index in [-0.39, 0.29) is 23.4 Å². The monoisotopic (exact) mass is 348 g/mol. The van der Waals surface area contributed by atoms with Gasteiger partial charge in [-0.05, 0) is 25.3 Å². The van der Waals surface area contributed by atoms with Gasteiger partial charge in [0, 0.05) is 12.6 Å². The number of nitrogens with zero attached hydrogens (tertiary/aromatic N) is 2. The van der Waals surface area contributed by atoms with Crippen LogP contribution in [0.1, 0.15) is 19.3 Å². The summed E-state index contributed by atoms with van der Waals surface area (Å²) >= 11 is 6.16. The Morgan fingerprint density at radius 3 is 2.82 bits per heavy atom. The van der Waals surface area contributed by atoms with E-state index in [1.165, 1.54) is 12.1 Å². The van der Waals surface area contributed by atoms with Crippen LogP contribution in [0.3, 0.4) is 0 Å². The molecule has 0 aliphatic carbocycles. The molecule has 1 aromatic carbocycles. The predicted molar refractivity (Wildman–Crippen MR) is 83.9 cm³/mol. The van der Waals surface area contributed by atoms with E-state index in [1.807, 2.05) is 0 Å². The van der Waals surface area contributed by atoms with Crippen LogP contribution in [0.15, 0.2) is 18.2 Å². The lowest BCUT2D eigenvalue weighted by Gasteiger charge is -2.37. The highest BCUT2D eigenvalue weighted by atomic mass is 35.5. The van der Waals surface area contributed by atoms with Crippen LogP contribution in [0.25, 0.3) is 0 Å². The summed E-state index contributed by atoms with van der Waals surface area (Å²) in [7, 11) is -3.56. The molecule has 1 aromatic rings. The Morgan fingerprint density at radius 2 is 2.18 bits per heavy atom. The summed E-state index contributed by atoms with van der Waals surface area (Å²) in [5.74, 6) is 0. The molecule has 0 radical (unpaired) electrons. The third kappa shape index (κ3) is 4.08. The van der Waals surface area contributed by atoms with E-state index in [9.17, 15) is 18.5 Å². The van der Waals surface area contributed by atoms with Crippen LogP contribution >= 0.6 is 11.6 Å². The zero-order chi connectivity index (χ0) is 16.3. The fourth-order valence-electron chi connectivity index (χ4n) is 2.61. The summed E-state index contributed by atoms with van der Waals surface area (Å²) < 4.78 is 27.2. The van der Waals surface area contributed by atoms with Crippen molar-refractivity contribution in [3.63, 3.8) is 0 Å². The molecule has 1 fully saturated rings. The Morgan fingerprint density at radius 1 is 1.45 bits per heavy atom. The minimum atomic E-state index is -3.56. The van der Waals surface area contributed by atoms with Crippen LogP contribution in [-0.2, 0) is 14.3 Å². The van der Waals surface area contributed by atoms with E-state index in [2.05, 4.69) is 0 Å². The van der Waals surface area contributed by atoms with Crippen LogP contribution in [0, 0.1) is 10.1 Å². The van der Waals surface area contributed by atoms with Crippen molar-refractivity contribution in [3.8, 4) is 0 Å². The highest BCUT2D eigenvalue weighted by molar-refractivity contribution is 7.85. The average Bonchev–Trinajstić information content (AvgIpc) is 2.44. The smallest absolute Gasteiger partial charge is 0.294 e. The summed E-state index contributed by atoms with van der Waals surface area (Å²) in [6, 6.07) is 4.25. The summed E-state index contributed by atoms with van der Waals surface area (Å²) in [4.78, 5) is 12.5. The van der Waals surface area contributed by atoms with Gasteiger partial charge in [-0.15, -0.1) is 0 Å². The minimum absolute atomic E-state index is 0.0405. The van der Waals surface area contributed by atoms with Gasteiger partial charge in [-0.2, -0.15) is 8.42 Å². The van der Waals surface area contributed by atoms with Crippen LogP contribution in [-0.4, -0.2) is 38.8 Å². The second-order valence-electron chi connectivity index (χ2n) is 5.20. The Balaban J connectivity index is 2.33. The predicted octanol–water partition coefficient (Wildman–Crippen LogP) is 2.58. The Labute approximate surface area is 134 Å². The first-order valence-corrected chi connectivity index (χ1v) is 9.03. The van der Waals surface area contributed by atoms with Crippen molar-refractivity contribution in [1.29, 1.82) is 0 Å². The lowest BCUT2D eigenvalue weighted by molar-refractivity contribution is -0.384. The van der Waals surface area contributed by atoms with Gasteiger partial charge in [-0.1, -0.05) is 17.7 Å². The molecule has 1 saturated heterocycles. The van der Waals surface area contributed by atoms with Crippen LogP contribution in [0.2, 0.25) is 5.02 Å². The van der Waals surface area contributed by atoms with E-state index in [0.717, 1.165) is 19.1 Å². The zero-order valence-electron chi connectivity index (χ0n) is 12.1. The van der Waals surface area contributed by atoms with Gasteiger partial charge in [0.15, 0.2) is 0 Å². The van der Waals surface area contributed by atoms with Gasteiger partial charge in [0.05, 0.1) is 28.9 Å². The molecule has 0 amide bonds. The summed E-state index contributed by atoms with van der Waals surface area (Å²) in [6.07, 6.45) is 3.44. The van der Waals surface area contributed by atoms with Crippen LogP contribution in [0.4, 0.5) is 11.4 Å². The maximum absolute atomic E-state index is 11.2. The zero-order valence-corrected chi connectivity index (χ0v) is 13.6. The van der Waals surface area contributed by atoms with Gasteiger partial charge in [0.1, 0.15) is 5.69 Å². The molecular formula is C13H17ClN2O5S. The van der Waals surface area contributed by atoms with Crippen molar-refractivity contribution in [2.24, 2.45) is 0 Å². The summed E-state index contributed by atoms with van der Waals surface area (Å²) in [5, 5.41) is 11.5. The van der Waals surface area contributed by atoms with Gasteiger partial charge >= 0.3 is 0 Å². The largest absolute Gasteiger partial charge is 0.359 e. The molecule has 22 heavy (non-hydrogen) atoms. The van der Waals surface area contributed by atoms with Crippen molar-refractivity contribution >= 4 is 33.1 Å². The molecule has 1 atom stereocenters. The maximum atomic E-state index is 11.2. The fourth-order valence-corrected chi connectivity index (χ4v) is 3.29. The summed E-state index contributed by atoms with van der Waals surface area (Å²) in [6.45, 7) is 0.531. The number of hydrogen-bond acceptors (Lipinski definition) is 6. The number of nitro benzene ring substituents is 1. The number of para-hydroxylation sites is 1. The highest BCUT2D eigenvalue weighted by Crippen LogP contribution is 2.38. The van der Waals surface area contributed by atoms with Gasteiger partial charge < -0.3 is 4.90 Å². The van der Waals surface area contributed by atoms with E-state index in [0.29, 0.717) is 18.7 Å². The van der Waals surface area contributed by atoms with Gasteiger partial charge in [-0.3, -0.25) is 14.3 Å². The molecule has 1 aliphatic rings. The molecule has 9 heteroatoms. The molecule has 2 rings (SSSR count). The standard InChI is InChI=1S/C13H17ClN2O5S/c1-22(19,20)21-9-10-5-2-3-8-15(10)13-11(14)6-4-7-12(13)16(17)18/h4,6-7,10H,2-3,5,8-9H2,1H3. The average molecular weight is 349 g/mol. The second kappa shape index (κ2) is 6.80. The molecule has 1 aliphatic heterocycles. The highest BCUT2D eigenvalue weighted by Gasteiger charge is 2.30. The van der Waals surface area contributed by atoms with E-state index >= 15 is 0 Å². The SMILES string of the molecule is CS(=O)(=O)OCC1CCCCN1c1c(Cl)cccc1[N+](=O)[O-]. The molecule has 1 unspecified atom stereocenters. The number of benzene rings is 1. The number of hydrogen-bond donors (Lipinski definition) is 0. The van der Waals surface area contributed by atoms with Crippen molar-refractivity contribution in [1.82, 2.24) is 0 Å². The number of rotatable bonds is 5. The Kier molecular flexibility index (Phi) is 5.25. The van der Waals surface area contributed by atoms with E-state index in [4.69, 9.17) is 15.8 Å². The first-order valence-electron chi connectivity index (χ1n) is 6.83. The van der Waals surface area contributed by atoms with Crippen molar-refractivity contribution in [2.75, 3.05) is 24.3 Å². The molecule has 1 heterocycles. The second-order valence-corrected chi connectivity index (χ2v) is 7.25. The first kappa shape index (κ1) is 17.0. The van der Waals surface area contributed by atoms with E-state index < -0.39 is 15.0 Å². The summed E-state index contributed by atoms with van der Waals surface area (Å²) in [5.41, 5.74) is 0.245. The quantitative estimate of drug-likeness (QED) is 0.461.